The van der Waals surface area contributed by atoms with Crippen molar-refractivity contribution in [1.29, 1.82) is 0 Å². The first-order chi connectivity index (χ1) is 14.6. The summed E-state index contributed by atoms with van der Waals surface area (Å²) in [5.74, 6) is -3.09. The molecule has 4 rings (SSSR count). The van der Waals surface area contributed by atoms with Gasteiger partial charge in [-0.25, -0.2) is 9.48 Å². The highest BCUT2D eigenvalue weighted by Crippen LogP contribution is 2.30. The van der Waals surface area contributed by atoms with Crippen molar-refractivity contribution >= 4 is 17.5 Å². The third kappa shape index (κ3) is 3.42. The highest BCUT2D eigenvalue weighted by Gasteiger charge is 2.33. The molecule has 0 amide bonds. The highest BCUT2D eigenvalue weighted by molar-refractivity contribution is 6.51. The maximum absolute atomic E-state index is 13.2. The molecule has 146 valence electrons. The molecule has 3 aromatic carbocycles. The quantitative estimate of drug-likeness (QED) is 0.388. The molecule has 0 spiro atoms. The predicted octanol–water partition coefficient (Wildman–Crippen LogP) is 4.30. The van der Waals surface area contributed by atoms with Crippen LogP contribution < -0.4 is 0 Å². The Bertz CT molecular complexity index is 1230. The molecular weight excluding hydrogens is 380 g/mol. The van der Waals surface area contributed by atoms with E-state index in [1.807, 2.05) is 6.07 Å². The molecule has 0 bridgehead atoms. The number of carbonyl (C=O) groups excluding carboxylic acids is 2. The first kappa shape index (κ1) is 19.0. The Morgan fingerprint density at radius 1 is 0.700 bits per heavy atom. The zero-order valence-electron chi connectivity index (χ0n) is 15.7. The van der Waals surface area contributed by atoms with Crippen molar-refractivity contribution in [2.75, 3.05) is 0 Å². The number of para-hydroxylation sites is 1. The number of aromatic carboxylic acids is 1. The van der Waals surface area contributed by atoms with Crippen LogP contribution in [0.5, 0.6) is 0 Å². The molecule has 0 saturated carbocycles. The van der Waals surface area contributed by atoms with Gasteiger partial charge in [-0.15, -0.1) is 0 Å². The van der Waals surface area contributed by atoms with Crippen LogP contribution in [0.1, 0.15) is 31.2 Å². The number of aromatic nitrogens is 2. The van der Waals surface area contributed by atoms with Crippen LogP contribution in [0.3, 0.4) is 0 Å². The van der Waals surface area contributed by atoms with Crippen LogP contribution in [-0.2, 0) is 0 Å². The van der Waals surface area contributed by atoms with Crippen molar-refractivity contribution < 1.29 is 19.5 Å². The third-order valence-corrected chi connectivity index (χ3v) is 4.61. The average Bonchev–Trinajstić information content (AvgIpc) is 3.21. The van der Waals surface area contributed by atoms with Gasteiger partial charge in [0.25, 0.3) is 0 Å². The second kappa shape index (κ2) is 7.97. The molecule has 30 heavy (non-hydrogen) atoms. The number of nitrogens with zero attached hydrogens (tertiary/aromatic N) is 2. The number of benzene rings is 3. The number of hydrogen-bond acceptors (Lipinski definition) is 4. The minimum atomic E-state index is -1.38. The molecule has 0 aliphatic carbocycles. The lowest BCUT2D eigenvalue weighted by molar-refractivity contribution is 0.0684. The van der Waals surface area contributed by atoms with Gasteiger partial charge < -0.3 is 5.11 Å². The van der Waals surface area contributed by atoms with E-state index in [1.165, 1.54) is 16.8 Å². The summed E-state index contributed by atoms with van der Waals surface area (Å²) in [7, 11) is 0. The summed E-state index contributed by atoms with van der Waals surface area (Å²) in [5.41, 5.74) is 0.896. The fourth-order valence-corrected chi connectivity index (χ4v) is 3.24. The summed E-state index contributed by atoms with van der Waals surface area (Å²) in [6, 6.07) is 25.8. The minimum Gasteiger partial charge on any atom is -0.476 e. The number of carboxylic acid groups (broad SMARTS) is 1. The summed E-state index contributed by atoms with van der Waals surface area (Å²) in [5, 5.41) is 14.0. The van der Waals surface area contributed by atoms with E-state index >= 15 is 0 Å². The van der Waals surface area contributed by atoms with E-state index in [9.17, 15) is 19.5 Å². The lowest BCUT2D eigenvalue weighted by Crippen LogP contribution is -2.18. The molecule has 0 aliphatic heterocycles. The van der Waals surface area contributed by atoms with E-state index in [1.54, 1.807) is 72.8 Å². The second-order valence-corrected chi connectivity index (χ2v) is 6.52. The minimum absolute atomic E-state index is 0.185. The van der Waals surface area contributed by atoms with E-state index in [0.717, 1.165) is 0 Å². The molecule has 0 fully saturated rings. The van der Waals surface area contributed by atoms with Gasteiger partial charge in [0, 0.05) is 11.1 Å². The molecular formula is C24H16N2O4. The van der Waals surface area contributed by atoms with Crippen molar-refractivity contribution in [3.05, 3.63) is 108 Å². The van der Waals surface area contributed by atoms with Gasteiger partial charge >= 0.3 is 5.97 Å². The molecule has 0 aliphatic rings. The number of carboxylic acids is 1. The van der Waals surface area contributed by atoms with Gasteiger partial charge in [-0.2, -0.15) is 5.10 Å². The third-order valence-electron chi connectivity index (χ3n) is 4.61. The van der Waals surface area contributed by atoms with E-state index in [0.29, 0.717) is 11.3 Å². The first-order valence-corrected chi connectivity index (χ1v) is 9.19. The van der Waals surface area contributed by atoms with Crippen LogP contribution in [0.15, 0.2) is 91.0 Å². The topological polar surface area (TPSA) is 89.3 Å². The van der Waals surface area contributed by atoms with Gasteiger partial charge in [0.2, 0.25) is 11.6 Å². The SMILES string of the molecule is O=C(C(=O)c1c(C(=O)O)nn(-c2ccccc2)c1-c1ccccc1)c1ccccc1. The van der Waals surface area contributed by atoms with Crippen molar-refractivity contribution in [3.8, 4) is 16.9 Å². The van der Waals surface area contributed by atoms with E-state index in [2.05, 4.69) is 5.10 Å². The summed E-state index contributed by atoms with van der Waals surface area (Å²) in [6.45, 7) is 0. The Balaban J connectivity index is 1.99. The van der Waals surface area contributed by atoms with Crippen molar-refractivity contribution in [1.82, 2.24) is 9.78 Å². The molecule has 1 heterocycles. The number of carbonyl (C=O) groups is 3. The molecule has 0 unspecified atom stereocenters. The maximum atomic E-state index is 13.2. The van der Waals surface area contributed by atoms with E-state index in [-0.39, 0.29) is 16.8 Å². The molecule has 1 N–H and O–H groups in total. The Hall–Kier alpha value is -4.32. The second-order valence-electron chi connectivity index (χ2n) is 6.52. The first-order valence-electron chi connectivity index (χ1n) is 9.19. The number of Topliss-reactive ketones (excluding diaryl/α,β-unsaturated/α-hetero) is 2. The maximum Gasteiger partial charge on any atom is 0.357 e. The lowest BCUT2D eigenvalue weighted by atomic mass is 9.96. The number of ketones is 2. The summed E-state index contributed by atoms with van der Waals surface area (Å²) >= 11 is 0. The Labute approximate surface area is 172 Å². The highest BCUT2D eigenvalue weighted by atomic mass is 16.4. The van der Waals surface area contributed by atoms with Crippen LogP contribution >= 0.6 is 0 Å². The Kier molecular flexibility index (Phi) is 5.05. The van der Waals surface area contributed by atoms with Crippen LogP contribution in [0.25, 0.3) is 16.9 Å². The monoisotopic (exact) mass is 396 g/mol. The van der Waals surface area contributed by atoms with Crippen LogP contribution in [0, 0.1) is 0 Å². The van der Waals surface area contributed by atoms with E-state index in [4.69, 9.17) is 0 Å². The molecule has 4 aromatic rings. The van der Waals surface area contributed by atoms with Gasteiger partial charge in [0.05, 0.1) is 16.9 Å². The smallest absolute Gasteiger partial charge is 0.357 e. The molecule has 0 saturated heterocycles. The Morgan fingerprint density at radius 3 is 1.80 bits per heavy atom. The number of rotatable bonds is 6. The average molecular weight is 396 g/mol. The summed E-state index contributed by atoms with van der Waals surface area (Å²) in [4.78, 5) is 38.1. The van der Waals surface area contributed by atoms with Gasteiger partial charge in [-0.3, -0.25) is 9.59 Å². The van der Waals surface area contributed by atoms with Gasteiger partial charge in [0.15, 0.2) is 5.69 Å². The number of hydrogen-bond donors (Lipinski definition) is 1. The van der Waals surface area contributed by atoms with Crippen molar-refractivity contribution in [2.24, 2.45) is 0 Å². The normalized spacial score (nSPS) is 10.5. The van der Waals surface area contributed by atoms with Crippen molar-refractivity contribution in [2.45, 2.75) is 0 Å². The zero-order chi connectivity index (χ0) is 21.1. The molecule has 6 nitrogen and oxygen atoms in total. The molecule has 6 heteroatoms. The lowest BCUT2D eigenvalue weighted by Gasteiger charge is -2.09. The molecule has 0 atom stereocenters. The van der Waals surface area contributed by atoms with Gasteiger partial charge in [0.1, 0.15) is 0 Å². The Morgan fingerprint density at radius 2 is 1.23 bits per heavy atom. The van der Waals surface area contributed by atoms with Gasteiger partial charge in [-0.1, -0.05) is 78.9 Å². The van der Waals surface area contributed by atoms with Gasteiger partial charge in [-0.05, 0) is 12.1 Å². The zero-order valence-corrected chi connectivity index (χ0v) is 15.7. The standard InChI is InChI=1S/C24H16N2O4/c27-22(17-12-6-2-7-13-17)23(28)19-20(24(29)30)25-26(18-14-8-3-9-15-18)21(19)16-10-4-1-5-11-16/h1-15H,(H,29,30). The molecule has 0 radical (unpaired) electrons. The largest absolute Gasteiger partial charge is 0.476 e. The fourth-order valence-electron chi connectivity index (χ4n) is 3.24. The predicted molar refractivity (Wildman–Crippen MR) is 111 cm³/mol. The fraction of sp³-hybridized carbons (Fsp3) is 0. The van der Waals surface area contributed by atoms with Crippen LogP contribution in [0.4, 0.5) is 0 Å². The summed E-state index contributed by atoms with van der Waals surface area (Å²) < 4.78 is 1.39. The molecule has 1 aromatic heterocycles. The van der Waals surface area contributed by atoms with E-state index < -0.39 is 23.2 Å². The summed E-state index contributed by atoms with van der Waals surface area (Å²) in [6.07, 6.45) is 0. The van der Waals surface area contributed by atoms with Crippen LogP contribution in [0.2, 0.25) is 0 Å². The van der Waals surface area contributed by atoms with Crippen molar-refractivity contribution in [3.63, 3.8) is 0 Å². The van der Waals surface area contributed by atoms with Crippen LogP contribution in [-0.4, -0.2) is 32.4 Å².